The van der Waals surface area contributed by atoms with Crippen molar-refractivity contribution in [3.8, 4) is 0 Å². The zero-order valence-electron chi connectivity index (χ0n) is 14.0. The van der Waals surface area contributed by atoms with Crippen LogP contribution < -0.4 is 10.6 Å². The second kappa shape index (κ2) is 9.67. The third-order valence-electron chi connectivity index (χ3n) is 3.53. The molecule has 0 unspecified atom stereocenters. The van der Waals surface area contributed by atoms with Crippen LogP contribution >= 0.6 is 11.3 Å². The number of aromatic nitrogens is 1. The number of rotatable bonds is 7. The minimum Gasteiger partial charge on any atom is -0.352 e. The number of likely N-dealkylation sites (N-methyl/N-ethyl adjacent to an activating group) is 1. The molecule has 0 saturated heterocycles. The van der Waals surface area contributed by atoms with E-state index in [2.05, 4.69) is 32.1 Å². The third-order valence-corrected chi connectivity index (χ3v) is 4.26. The van der Waals surface area contributed by atoms with E-state index >= 15 is 0 Å². The number of aliphatic imine (C=N–C) groups is 1. The van der Waals surface area contributed by atoms with Gasteiger partial charge in [-0.25, -0.2) is 0 Å². The highest BCUT2D eigenvalue weighted by atomic mass is 32.1. The van der Waals surface area contributed by atoms with Crippen molar-refractivity contribution in [3.05, 3.63) is 52.5 Å². The molecule has 7 heteroatoms. The van der Waals surface area contributed by atoms with Crippen molar-refractivity contribution in [2.75, 3.05) is 27.2 Å². The van der Waals surface area contributed by atoms with Crippen molar-refractivity contribution in [3.63, 3.8) is 0 Å². The number of nitrogens with zero attached hydrogens (tertiary/aromatic N) is 3. The maximum absolute atomic E-state index is 12.2. The Labute approximate surface area is 146 Å². The second-order valence-electron chi connectivity index (χ2n) is 5.30. The lowest BCUT2D eigenvalue weighted by Crippen LogP contribution is -2.43. The normalized spacial score (nSPS) is 11.2. The van der Waals surface area contributed by atoms with E-state index in [4.69, 9.17) is 0 Å². The lowest BCUT2D eigenvalue weighted by atomic mass is 10.2. The van der Waals surface area contributed by atoms with Gasteiger partial charge >= 0.3 is 0 Å². The summed E-state index contributed by atoms with van der Waals surface area (Å²) in [4.78, 5) is 22.3. The maximum atomic E-state index is 12.2. The predicted molar refractivity (Wildman–Crippen MR) is 98.1 cm³/mol. The molecule has 24 heavy (non-hydrogen) atoms. The smallest absolute Gasteiger partial charge is 0.241 e. The fourth-order valence-electron chi connectivity index (χ4n) is 2.05. The first-order valence-corrected chi connectivity index (χ1v) is 8.73. The number of guanidine groups is 1. The Morgan fingerprint density at radius 2 is 2.21 bits per heavy atom. The zero-order valence-corrected chi connectivity index (χ0v) is 14.8. The lowest BCUT2D eigenvalue weighted by Gasteiger charge is -2.18. The molecular weight excluding hydrogens is 322 g/mol. The molecule has 0 bridgehead atoms. The molecule has 2 rings (SSSR count). The van der Waals surface area contributed by atoms with Crippen molar-refractivity contribution in [2.24, 2.45) is 4.99 Å². The van der Waals surface area contributed by atoms with Crippen LogP contribution in [0.5, 0.6) is 0 Å². The molecule has 1 amide bonds. The SMILES string of the molecule is CN=C(NCC(=O)N(C)CCc1ccccn1)NCc1ccsc1. The average molecular weight is 345 g/mol. The van der Waals surface area contributed by atoms with Crippen molar-refractivity contribution >= 4 is 23.2 Å². The molecule has 128 valence electrons. The highest BCUT2D eigenvalue weighted by Crippen LogP contribution is 2.04. The summed E-state index contributed by atoms with van der Waals surface area (Å²) in [6.07, 6.45) is 2.51. The van der Waals surface area contributed by atoms with Crippen LogP contribution in [0.4, 0.5) is 0 Å². The lowest BCUT2D eigenvalue weighted by molar-refractivity contribution is -0.128. The van der Waals surface area contributed by atoms with E-state index in [-0.39, 0.29) is 12.5 Å². The Morgan fingerprint density at radius 3 is 2.88 bits per heavy atom. The first kappa shape index (κ1) is 17.9. The molecule has 2 N–H and O–H groups in total. The van der Waals surface area contributed by atoms with E-state index in [9.17, 15) is 4.79 Å². The van der Waals surface area contributed by atoms with Gasteiger partial charge in [0.05, 0.1) is 6.54 Å². The summed E-state index contributed by atoms with van der Waals surface area (Å²) in [6.45, 7) is 1.54. The first-order valence-electron chi connectivity index (χ1n) is 7.78. The van der Waals surface area contributed by atoms with E-state index < -0.39 is 0 Å². The number of carbonyl (C=O) groups excluding carboxylic acids is 1. The van der Waals surface area contributed by atoms with Gasteiger partial charge in [0.2, 0.25) is 5.91 Å². The number of hydrogen-bond acceptors (Lipinski definition) is 4. The molecule has 2 heterocycles. The van der Waals surface area contributed by atoms with Crippen LogP contribution in [0.2, 0.25) is 0 Å². The van der Waals surface area contributed by atoms with E-state index in [1.807, 2.05) is 23.6 Å². The van der Waals surface area contributed by atoms with Crippen molar-refractivity contribution in [1.29, 1.82) is 0 Å². The van der Waals surface area contributed by atoms with E-state index in [0.29, 0.717) is 19.0 Å². The van der Waals surface area contributed by atoms with Gasteiger partial charge in [0.25, 0.3) is 0 Å². The molecule has 0 aliphatic carbocycles. The number of hydrogen-bond donors (Lipinski definition) is 2. The molecule has 2 aromatic rings. The summed E-state index contributed by atoms with van der Waals surface area (Å²) in [5.41, 5.74) is 2.18. The number of nitrogens with one attached hydrogen (secondary N) is 2. The Balaban J connectivity index is 1.70. The Morgan fingerprint density at radius 1 is 1.33 bits per heavy atom. The van der Waals surface area contributed by atoms with Gasteiger partial charge in [-0.1, -0.05) is 6.07 Å². The van der Waals surface area contributed by atoms with Crippen LogP contribution in [-0.4, -0.2) is 48.9 Å². The van der Waals surface area contributed by atoms with Gasteiger partial charge in [-0.2, -0.15) is 11.3 Å². The van der Waals surface area contributed by atoms with Crippen LogP contribution in [0.25, 0.3) is 0 Å². The summed E-state index contributed by atoms with van der Waals surface area (Å²) >= 11 is 1.66. The predicted octanol–water partition coefficient (Wildman–Crippen LogP) is 1.51. The molecular formula is C17H23N5OS. The molecule has 0 spiro atoms. The number of amides is 1. The van der Waals surface area contributed by atoms with E-state index in [0.717, 1.165) is 12.1 Å². The molecule has 0 aliphatic rings. The van der Waals surface area contributed by atoms with Crippen LogP contribution in [0.1, 0.15) is 11.3 Å². The van der Waals surface area contributed by atoms with Crippen LogP contribution in [-0.2, 0) is 17.8 Å². The van der Waals surface area contributed by atoms with Crippen LogP contribution in [0.3, 0.4) is 0 Å². The summed E-state index contributed by atoms with van der Waals surface area (Å²) in [7, 11) is 3.49. The highest BCUT2D eigenvalue weighted by Gasteiger charge is 2.09. The fourth-order valence-corrected chi connectivity index (χ4v) is 2.72. The molecule has 0 fully saturated rings. The molecule has 0 aromatic carbocycles. The minimum absolute atomic E-state index is 0.0180. The molecule has 0 aliphatic heterocycles. The topological polar surface area (TPSA) is 69.6 Å². The molecule has 2 aromatic heterocycles. The number of thiophene rings is 1. The van der Waals surface area contributed by atoms with Crippen LogP contribution in [0.15, 0.2) is 46.2 Å². The van der Waals surface area contributed by atoms with Crippen LogP contribution in [0, 0.1) is 0 Å². The summed E-state index contributed by atoms with van der Waals surface area (Å²) < 4.78 is 0. The van der Waals surface area contributed by atoms with Gasteiger partial charge in [0.15, 0.2) is 5.96 Å². The zero-order chi connectivity index (χ0) is 17.2. The Bertz CT molecular complexity index is 642. The summed E-state index contributed by atoms with van der Waals surface area (Å²) in [5, 5.41) is 10.4. The maximum Gasteiger partial charge on any atom is 0.241 e. The molecule has 0 atom stereocenters. The van der Waals surface area contributed by atoms with E-state index in [1.54, 1.807) is 36.5 Å². The second-order valence-corrected chi connectivity index (χ2v) is 6.08. The van der Waals surface area contributed by atoms with Crippen molar-refractivity contribution < 1.29 is 4.79 Å². The third kappa shape index (κ3) is 6.00. The fraction of sp³-hybridized carbons (Fsp3) is 0.353. The number of pyridine rings is 1. The van der Waals surface area contributed by atoms with Gasteiger partial charge < -0.3 is 15.5 Å². The number of carbonyl (C=O) groups is 1. The summed E-state index contributed by atoms with van der Waals surface area (Å²) in [6, 6.07) is 7.86. The largest absolute Gasteiger partial charge is 0.352 e. The van der Waals surface area contributed by atoms with Gasteiger partial charge in [-0.15, -0.1) is 0 Å². The molecule has 0 saturated carbocycles. The molecule has 6 nitrogen and oxygen atoms in total. The van der Waals surface area contributed by atoms with Gasteiger partial charge in [-0.3, -0.25) is 14.8 Å². The Kier molecular flexibility index (Phi) is 7.22. The van der Waals surface area contributed by atoms with Crippen molar-refractivity contribution in [1.82, 2.24) is 20.5 Å². The van der Waals surface area contributed by atoms with Gasteiger partial charge in [0.1, 0.15) is 0 Å². The quantitative estimate of drug-likeness (QED) is 0.589. The van der Waals surface area contributed by atoms with Gasteiger partial charge in [0, 0.05) is 45.5 Å². The Hall–Kier alpha value is -2.41. The monoisotopic (exact) mass is 345 g/mol. The molecule has 0 radical (unpaired) electrons. The standard InChI is InChI=1S/C17H23N5OS/c1-18-17(20-11-14-7-10-24-13-14)21-12-16(23)22(2)9-6-15-5-3-4-8-19-15/h3-5,7-8,10,13H,6,9,11-12H2,1-2H3,(H2,18,20,21). The minimum atomic E-state index is 0.0180. The average Bonchev–Trinajstić information content (AvgIpc) is 3.14. The summed E-state index contributed by atoms with van der Waals surface area (Å²) in [5.74, 6) is 0.636. The van der Waals surface area contributed by atoms with Gasteiger partial charge in [-0.05, 0) is 34.5 Å². The van der Waals surface area contributed by atoms with E-state index in [1.165, 1.54) is 5.56 Å². The van der Waals surface area contributed by atoms with Crippen molar-refractivity contribution in [2.45, 2.75) is 13.0 Å². The first-order chi connectivity index (χ1) is 11.7. The highest BCUT2D eigenvalue weighted by molar-refractivity contribution is 7.07.